The number of fused-ring (bicyclic) bond motifs is 1. The van der Waals surface area contributed by atoms with Crippen molar-refractivity contribution in [2.75, 3.05) is 31.5 Å². The average molecular weight is 404 g/mol. The summed E-state index contributed by atoms with van der Waals surface area (Å²) in [5.74, 6) is -0.119. The normalized spacial score (nSPS) is 22.5. The van der Waals surface area contributed by atoms with Crippen molar-refractivity contribution in [2.45, 2.75) is 24.8 Å². The lowest BCUT2D eigenvalue weighted by Crippen LogP contribution is -2.51. The second-order valence-electron chi connectivity index (χ2n) is 7.20. The maximum Gasteiger partial charge on any atom is 0.254 e. The molecule has 2 aliphatic rings. The highest BCUT2D eigenvalue weighted by molar-refractivity contribution is 6.32. The zero-order valence-electron chi connectivity index (χ0n) is 15.1. The van der Waals surface area contributed by atoms with E-state index in [9.17, 15) is 4.79 Å². The molecule has 4 rings (SSSR count). The van der Waals surface area contributed by atoms with Crippen molar-refractivity contribution >= 4 is 34.8 Å². The largest absolute Gasteiger partial charge is 0.324 e. The number of halogens is 2. The van der Waals surface area contributed by atoms with Crippen molar-refractivity contribution in [3.05, 3.63) is 63.6 Å². The summed E-state index contributed by atoms with van der Waals surface area (Å²) in [6, 6.07) is 13.0. The van der Waals surface area contributed by atoms with Gasteiger partial charge >= 0.3 is 0 Å². The van der Waals surface area contributed by atoms with Crippen LogP contribution in [0, 0.1) is 0 Å². The second kappa shape index (κ2) is 7.80. The summed E-state index contributed by atoms with van der Waals surface area (Å²) in [4.78, 5) is 15.7. The molecule has 2 N–H and O–H groups in total. The Bertz CT molecular complexity index is 851. The molecule has 1 saturated heterocycles. The predicted molar refractivity (Wildman–Crippen MR) is 111 cm³/mol. The quantitative estimate of drug-likeness (QED) is 0.783. The predicted octanol–water partition coefficient (Wildman–Crippen LogP) is 4.26. The highest BCUT2D eigenvalue weighted by Gasteiger charge is 2.49. The zero-order valence-corrected chi connectivity index (χ0v) is 16.6. The molecule has 0 bridgehead atoms. The van der Waals surface area contributed by atoms with E-state index in [0.29, 0.717) is 16.6 Å². The van der Waals surface area contributed by atoms with E-state index in [2.05, 4.69) is 15.5 Å². The number of benzene rings is 2. The van der Waals surface area contributed by atoms with E-state index in [1.54, 1.807) is 6.07 Å². The fourth-order valence-electron chi connectivity index (χ4n) is 4.16. The standard InChI is InChI=1S/C21H23Cl2N3O/c22-15-8-9-19-17(14-15)21(20(27)25-19,16-6-2-3-7-18(16)23)24-10-13-26-11-4-1-5-12-26/h2-3,6-9,14,24H,1,4-5,10-13H2,(H,25,27). The van der Waals surface area contributed by atoms with Gasteiger partial charge in [0.1, 0.15) is 0 Å². The van der Waals surface area contributed by atoms with Gasteiger partial charge in [0.2, 0.25) is 0 Å². The van der Waals surface area contributed by atoms with Gasteiger partial charge in [-0.3, -0.25) is 10.1 Å². The lowest BCUT2D eigenvalue weighted by molar-refractivity contribution is -0.120. The van der Waals surface area contributed by atoms with Crippen LogP contribution in [0.3, 0.4) is 0 Å². The van der Waals surface area contributed by atoms with Crippen LogP contribution in [-0.2, 0) is 10.3 Å². The molecule has 2 aromatic rings. The van der Waals surface area contributed by atoms with Gasteiger partial charge in [0, 0.05) is 39.9 Å². The van der Waals surface area contributed by atoms with Crippen LogP contribution in [0.4, 0.5) is 5.69 Å². The van der Waals surface area contributed by atoms with Gasteiger partial charge in [0.15, 0.2) is 5.54 Å². The summed E-state index contributed by atoms with van der Waals surface area (Å²) in [6.45, 7) is 3.82. The van der Waals surface area contributed by atoms with E-state index in [4.69, 9.17) is 23.2 Å². The molecule has 2 heterocycles. The first-order valence-corrected chi connectivity index (χ1v) is 10.2. The second-order valence-corrected chi connectivity index (χ2v) is 8.05. The lowest BCUT2D eigenvalue weighted by Gasteiger charge is -2.33. The number of hydrogen-bond donors (Lipinski definition) is 2. The van der Waals surface area contributed by atoms with Crippen molar-refractivity contribution in [1.29, 1.82) is 0 Å². The molecule has 27 heavy (non-hydrogen) atoms. The summed E-state index contributed by atoms with van der Waals surface area (Å²) < 4.78 is 0. The summed E-state index contributed by atoms with van der Waals surface area (Å²) in [7, 11) is 0. The highest BCUT2D eigenvalue weighted by atomic mass is 35.5. The molecule has 1 amide bonds. The first-order valence-electron chi connectivity index (χ1n) is 9.45. The number of piperidine rings is 1. The molecule has 142 valence electrons. The first kappa shape index (κ1) is 18.8. The molecule has 0 aliphatic carbocycles. The molecule has 6 heteroatoms. The van der Waals surface area contributed by atoms with Gasteiger partial charge in [-0.25, -0.2) is 0 Å². The van der Waals surface area contributed by atoms with Crippen LogP contribution < -0.4 is 10.6 Å². The number of carbonyl (C=O) groups is 1. The molecule has 2 aromatic carbocycles. The Hall–Kier alpha value is -1.59. The molecule has 2 aliphatic heterocycles. The van der Waals surface area contributed by atoms with Gasteiger partial charge in [-0.1, -0.05) is 47.8 Å². The number of rotatable bonds is 5. The van der Waals surface area contributed by atoms with Crippen LogP contribution >= 0.6 is 23.2 Å². The molecular weight excluding hydrogens is 381 g/mol. The van der Waals surface area contributed by atoms with E-state index in [1.807, 2.05) is 36.4 Å². The minimum Gasteiger partial charge on any atom is -0.324 e. The molecule has 1 unspecified atom stereocenters. The minimum absolute atomic E-state index is 0.119. The van der Waals surface area contributed by atoms with Crippen molar-refractivity contribution in [1.82, 2.24) is 10.2 Å². The Kier molecular flexibility index (Phi) is 5.42. The third-order valence-corrected chi connectivity index (χ3v) is 6.08. The van der Waals surface area contributed by atoms with E-state index in [0.717, 1.165) is 36.4 Å². The molecule has 0 radical (unpaired) electrons. The Morgan fingerprint density at radius 2 is 1.81 bits per heavy atom. The van der Waals surface area contributed by atoms with Gasteiger partial charge in [0.05, 0.1) is 0 Å². The van der Waals surface area contributed by atoms with Gasteiger partial charge in [-0.15, -0.1) is 0 Å². The third kappa shape index (κ3) is 3.47. The van der Waals surface area contributed by atoms with E-state index >= 15 is 0 Å². The molecular formula is C21H23Cl2N3O. The van der Waals surface area contributed by atoms with Crippen molar-refractivity contribution in [3.63, 3.8) is 0 Å². The maximum atomic E-state index is 13.2. The third-order valence-electron chi connectivity index (χ3n) is 5.52. The molecule has 0 aromatic heterocycles. The smallest absolute Gasteiger partial charge is 0.254 e. The number of nitrogens with one attached hydrogen (secondary N) is 2. The van der Waals surface area contributed by atoms with E-state index in [-0.39, 0.29) is 5.91 Å². The number of likely N-dealkylation sites (tertiary alicyclic amines) is 1. The van der Waals surface area contributed by atoms with Crippen LogP contribution in [-0.4, -0.2) is 37.0 Å². The number of hydrogen-bond acceptors (Lipinski definition) is 3. The molecule has 0 saturated carbocycles. The summed E-state index contributed by atoms with van der Waals surface area (Å²) in [6.07, 6.45) is 3.80. The van der Waals surface area contributed by atoms with Crippen molar-refractivity contribution in [3.8, 4) is 0 Å². The van der Waals surface area contributed by atoms with Crippen LogP contribution in [0.2, 0.25) is 10.0 Å². The van der Waals surface area contributed by atoms with E-state index in [1.165, 1.54) is 19.3 Å². The number of nitrogens with zero attached hydrogens (tertiary/aromatic N) is 1. The minimum atomic E-state index is -1.03. The monoisotopic (exact) mass is 403 g/mol. The lowest BCUT2D eigenvalue weighted by atomic mass is 9.83. The SMILES string of the molecule is O=C1Nc2ccc(Cl)cc2C1(NCCN1CCCCC1)c1ccccc1Cl. The first-order chi connectivity index (χ1) is 13.1. The summed E-state index contributed by atoms with van der Waals surface area (Å²) in [5.41, 5.74) is 1.32. The number of anilines is 1. The van der Waals surface area contributed by atoms with Gasteiger partial charge in [-0.05, 0) is 50.2 Å². The fraction of sp³-hybridized carbons (Fsp3) is 0.381. The fourth-order valence-corrected chi connectivity index (χ4v) is 4.61. The zero-order chi connectivity index (χ0) is 18.9. The van der Waals surface area contributed by atoms with Gasteiger partial charge in [-0.2, -0.15) is 0 Å². The number of amides is 1. The average Bonchev–Trinajstić information content (AvgIpc) is 2.95. The maximum absolute atomic E-state index is 13.2. The molecule has 1 fully saturated rings. The van der Waals surface area contributed by atoms with Gasteiger partial charge in [0.25, 0.3) is 5.91 Å². The Morgan fingerprint density at radius 1 is 1.04 bits per heavy atom. The van der Waals surface area contributed by atoms with E-state index < -0.39 is 5.54 Å². The summed E-state index contributed by atoms with van der Waals surface area (Å²) >= 11 is 12.8. The molecule has 4 nitrogen and oxygen atoms in total. The van der Waals surface area contributed by atoms with Crippen molar-refractivity contribution in [2.24, 2.45) is 0 Å². The molecule has 0 spiro atoms. The van der Waals surface area contributed by atoms with Crippen LogP contribution in [0.15, 0.2) is 42.5 Å². The van der Waals surface area contributed by atoms with Crippen LogP contribution in [0.1, 0.15) is 30.4 Å². The molecule has 1 atom stereocenters. The Balaban J connectivity index is 1.70. The topological polar surface area (TPSA) is 44.4 Å². The number of carbonyl (C=O) groups excluding carboxylic acids is 1. The van der Waals surface area contributed by atoms with Crippen LogP contribution in [0.25, 0.3) is 0 Å². The highest BCUT2D eigenvalue weighted by Crippen LogP contribution is 2.44. The Morgan fingerprint density at radius 3 is 2.59 bits per heavy atom. The van der Waals surface area contributed by atoms with Crippen LogP contribution in [0.5, 0.6) is 0 Å². The van der Waals surface area contributed by atoms with Crippen molar-refractivity contribution < 1.29 is 4.79 Å². The Labute approximate surface area is 169 Å². The van der Waals surface area contributed by atoms with Gasteiger partial charge < -0.3 is 10.2 Å². The summed E-state index contributed by atoms with van der Waals surface area (Å²) in [5, 5.41) is 7.69.